The van der Waals surface area contributed by atoms with Crippen LogP contribution in [-0.4, -0.2) is 41.9 Å². The molecular weight excluding hydrogens is 464 g/mol. The number of nitrogens with one attached hydrogen (secondary N) is 1. The van der Waals surface area contributed by atoms with E-state index in [-0.39, 0.29) is 22.6 Å². The molecule has 3 aromatic carbocycles. The van der Waals surface area contributed by atoms with E-state index in [1.165, 1.54) is 0 Å². The lowest BCUT2D eigenvalue weighted by Crippen LogP contribution is -2.48. The molecule has 0 spiro atoms. The Morgan fingerprint density at radius 1 is 1.03 bits per heavy atom. The lowest BCUT2D eigenvalue weighted by Gasteiger charge is -2.36. The topological polar surface area (TPSA) is 78.7 Å². The molecule has 0 aliphatic carbocycles. The van der Waals surface area contributed by atoms with Crippen LogP contribution in [0, 0.1) is 10.1 Å². The molecule has 1 saturated heterocycles. The van der Waals surface area contributed by atoms with Gasteiger partial charge in [-0.15, -0.1) is 0 Å². The van der Waals surface area contributed by atoms with Gasteiger partial charge < -0.3 is 15.1 Å². The lowest BCUT2D eigenvalue weighted by molar-refractivity contribution is -0.384. The monoisotopic (exact) mass is 490 g/mol. The molecule has 0 unspecified atom stereocenters. The SMILES string of the molecule is C[C@@H](Nc1cc(N2CCN(C(=O)/C=C/c3ccc(Cl)cc3)CC2)ccc1[N+](=O)[O-])c1ccccc1. The molecule has 1 heterocycles. The maximum Gasteiger partial charge on any atom is 0.292 e. The van der Waals surface area contributed by atoms with Gasteiger partial charge in [0, 0.05) is 55.1 Å². The third-order valence-electron chi connectivity index (χ3n) is 6.09. The number of carbonyl (C=O) groups is 1. The highest BCUT2D eigenvalue weighted by molar-refractivity contribution is 6.30. The van der Waals surface area contributed by atoms with Gasteiger partial charge in [0.2, 0.25) is 5.91 Å². The minimum absolute atomic E-state index is 0.0395. The molecule has 1 fully saturated rings. The fourth-order valence-electron chi connectivity index (χ4n) is 4.09. The van der Waals surface area contributed by atoms with Crippen LogP contribution in [0.1, 0.15) is 24.1 Å². The molecule has 8 heteroatoms. The third-order valence-corrected chi connectivity index (χ3v) is 6.35. The number of rotatable bonds is 7. The van der Waals surface area contributed by atoms with Gasteiger partial charge in [-0.1, -0.05) is 54.1 Å². The molecule has 1 aliphatic heterocycles. The summed E-state index contributed by atoms with van der Waals surface area (Å²) in [5.41, 5.74) is 3.37. The van der Waals surface area contributed by atoms with Crippen molar-refractivity contribution in [1.29, 1.82) is 0 Å². The van der Waals surface area contributed by atoms with Crippen molar-refractivity contribution in [3.63, 3.8) is 0 Å². The van der Waals surface area contributed by atoms with Crippen LogP contribution in [0.5, 0.6) is 0 Å². The first-order valence-electron chi connectivity index (χ1n) is 11.5. The Bertz CT molecular complexity index is 1210. The summed E-state index contributed by atoms with van der Waals surface area (Å²) in [5, 5.41) is 15.6. The first-order chi connectivity index (χ1) is 16.9. The number of halogens is 1. The van der Waals surface area contributed by atoms with Gasteiger partial charge in [-0.3, -0.25) is 14.9 Å². The molecule has 1 aliphatic rings. The quantitative estimate of drug-likeness (QED) is 0.258. The molecule has 35 heavy (non-hydrogen) atoms. The fraction of sp³-hybridized carbons (Fsp3) is 0.222. The Balaban J connectivity index is 1.41. The van der Waals surface area contributed by atoms with Gasteiger partial charge in [0.15, 0.2) is 0 Å². The number of hydrogen-bond acceptors (Lipinski definition) is 5. The summed E-state index contributed by atoms with van der Waals surface area (Å²) in [6.45, 7) is 4.42. The van der Waals surface area contributed by atoms with Gasteiger partial charge in [0.05, 0.1) is 4.92 Å². The number of amides is 1. The van der Waals surface area contributed by atoms with E-state index in [0.717, 1.165) is 16.8 Å². The molecule has 4 rings (SSSR count). The average molecular weight is 491 g/mol. The van der Waals surface area contributed by atoms with E-state index in [1.807, 2.05) is 60.4 Å². The second-order valence-electron chi connectivity index (χ2n) is 8.43. The van der Waals surface area contributed by atoms with Gasteiger partial charge in [-0.2, -0.15) is 0 Å². The van der Waals surface area contributed by atoms with Crippen molar-refractivity contribution in [1.82, 2.24) is 4.90 Å². The summed E-state index contributed by atoms with van der Waals surface area (Å²) >= 11 is 5.91. The molecule has 0 aromatic heterocycles. The average Bonchev–Trinajstić information content (AvgIpc) is 2.88. The second kappa shape index (κ2) is 11.1. The number of nitro groups is 1. The molecule has 0 radical (unpaired) electrons. The largest absolute Gasteiger partial charge is 0.373 e. The van der Waals surface area contributed by atoms with E-state index < -0.39 is 0 Å². The minimum atomic E-state index is -0.368. The van der Waals surface area contributed by atoms with Gasteiger partial charge in [0.25, 0.3) is 5.69 Å². The molecule has 7 nitrogen and oxygen atoms in total. The Morgan fingerprint density at radius 3 is 2.37 bits per heavy atom. The second-order valence-corrected chi connectivity index (χ2v) is 8.87. The number of benzene rings is 3. The third kappa shape index (κ3) is 6.19. The van der Waals surface area contributed by atoms with Crippen LogP contribution in [0.25, 0.3) is 6.08 Å². The van der Waals surface area contributed by atoms with Gasteiger partial charge in [-0.25, -0.2) is 0 Å². The van der Waals surface area contributed by atoms with E-state index >= 15 is 0 Å². The highest BCUT2D eigenvalue weighted by atomic mass is 35.5. The van der Waals surface area contributed by atoms with E-state index in [2.05, 4.69) is 10.2 Å². The summed E-state index contributed by atoms with van der Waals surface area (Å²) in [4.78, 5) is 27.8. The van der Waals surface area contributed by atoms with Gasteiger partial charge in [0.1, 0.15) is 5.69 Å². The molecule has 1 N–H and O–H groups in total. The number of anilines is 2. The molecule has 0 bridgehead atoms. The van der Waals surface area contributed by atoms with Crippen LogP contribution in [0.15, 0.2) is 78.9 Å². The van der Waals surface area contributed by atoms with Crippen molar-refractivity contribution < 1.29 is 9.72 Å². The molecular formula is C27H27ClN4O3. The summed E-state index contributed by atoms with van der Waals surface area (Å²) < 4.78 is 0. The maximum atomic E-state index is 12.6. The summed E-state index contributed by atoms with van der Waals surface area (Å²) in [5.74, 6) is -0.0395. The molecule has 1 amide bonds. The van der Waals surface area contributed by atoms with E-state index in [4.69, 9.17) is 11.6 Å². The summed E-state index contributed by atoms with van der Waals surface area (Å²) in [6, 6.07) is 22.2. The normalized spacial score (nSPS) is 14.7. The highest BCUT2D eigenvalue weighted by Gasteiger charge is 2.23. The zero-order valence-corrected chi connectivity index (χ0v) is 20.2. The smallest absolute Gasteiger partial charge is 0.292 e. The van der Waals surface area contributed by atoms with E-state index in [1.54, 1.807) is 36.4 Å². The standard InChI is InChI=1S/C27H27ClN4O3/c1-20(22-5-3-2-4-6-22)29-25-19-24(12-13-26(25)32(34)35)30-15-17-31(18-16-30)27(33)14-9-21-7-10-23(28)11-8-21/h2-14,19-20,29H,15-18H2,1H3/b14-9+/t20-/m1/s1. The van der Waals surface area contributed by atoms with Crippen LogP contribution in [-0.2, 0) is 4.79 Å². The van der Waals surface area contributed by atoms with Crippen LogP contribution in [0.4, 0.5) is 17.1 Å². The van der Waals surface area contributed by atoms with Crippen LogP contribution < -0.4 is 10.2 Å². The fourth-order valence-corrected chi connectivity index (χ4v) is 4.21. The van der Waals surface area contributed by atoms with Gasteiger partial charge in [-0.05, 0) is 48.4 Å². The number of nitro benzene ring substituents is 1. The van der Waals surface area contributed by atoms with Crippen molar-refractivity contribution in [3.8, 4) is 0 Å². The predicted octanol–water partition coefficient (Wildman–Crippen LogP) is 5.78. The predicted molar refractivity (Wildman–Crippen MR) is 141 cm³/mol. The maximum absolute atomic E-state index is 12.6. The summed E-state index contributed by atoms with van der Waals surface area (Å²) in [6.07, 6.45) is 3.37. The minimum Gasteiger partial charge on any atom is -0.373 e. The van der Waals surface area contributed by atoms with Crippen LogP contribution >= 0.6 is 11.6 Å². The number of nitrogens with zero attached hydrogens (tertiary/aromatic N) is 3. The molecule has 0 saturated carbocycles. The molecule has 180 valence electrons. The van der Waals surface area contributed by atoms with Crippen LogP contribution in [0.3, 0.4) is 0 Å². The van der Waals surface area contributed by atoms with Crippen molar-refractivity contribution >= 4 is 40.6 Å². The Labute approximate surface area is 209 Å². The zero-order chi connectivity index (χ0) is 24.8. The number of carbonyl (C=O) groups excluding carboxylic acids is 1. The first-order valence-corrected chi connectivity index (χ1v) is 11.9. The van der Waals surface area contributed by atoms with Crippen LogP contribution in [0.2, 0.25) is 5.02 Å². The van der Waals surface area contributed by atoms with Crippen molar-refractivity contribution in [2.45, 2.75) is 13.0 Å². The van der Waals surface area contributed by atoms with E-state index in [0.29, 0.717) is 36.9 Å². The Morgan fingerprint density at radius 2 is 1.71 bits per heavy atom. The van der Waals surface area contributed by atoms with Crippen molar-refractivity contribution in [2.24, 2.45) is 0 Å². The van der Waals surface area contributed by atoms with Crippen molar-refractivity contribution in [3.05, 3.63) is 105 Å². The number of hydrogen-bond donors (Lipinski definition) is 1. The van der Waals surface area contributed by atoms with E-state index in [9.17, 15) is 14.9 Å². The Kier molecular flexibility index (Phi) is 7.67. The van der Waals surface area contributed by atoms with Gasteiger partial charge >= 0.3 is 0 Å². The first kappa shape index (κ1) is 24.3. The number of piperazine rings is 1. The van der Waals surface area contributed by atoms with Crippen molar-refractivity contribution in [2.75, 3.05) is 36.4 Å². The molecule has 3 aromatic rings. The summed E-state index contributed by atoms with van der Waals surface area (Å²) in [7, 11) is 0. The molecule has 1 atom stereocenters. The Hall–Kier alpha value is -3.84. The highest BCUT2D eigenvalue weighted by Crippen LogP contribution is 2.32. The zero-order valence-electron chi connectivity index (χ0n) is 19.4. The lowest BCUT2D eigenvalue weighted by atomic mass is 10.1.